The van der Waals surface area contributed by atoms with E-state index < -0.39 is 0 Å². The van der Waals surface area contributed by atoms with E-state index in [1.807, 2.05) is 6.07 Å². The number of aryl methyl sites for hydroxylation is 1. The van der Waals surface area contributed by atoms with Gasteiger partial charge in [-0.05, 0) is 38.4 Å². The van der Waals surface area contributed by atoms with Crippen LogP contribution in [-0.2, 0) is 11.2 Å². The fourth-order valence-corrected chi connectivity index (χ4v) is 2.88. The van der Waals surface area contributed by atoms with Crippen molar-refractivity contribution in [1.29, 1.82) is 0 Å². The molecule has 0 saturated carbocycles. The van der Waals surface area contributed by atoms with E-state index in [9.17, 15) is 4.79 Å². The zero-order chi connectivity index (χ0) is 11.4. The van der Waals surface area contributed by atoms with Crippen molar-refractivity contribution in [2.45, 2.75) is 32.2 Å². The van der Waals surface area contributed by atoms with Gasteiger partial charge in [-0.25, -0.2) is 0 Å². The lowest BCUT2D eigenvalue weighted by Crippen LogP contribution is -2.46. The first-order valence-corrected chi connectivity index (χ1v) is 6.61. The Morgan fingerprint density at radius 3 is 3.12 bits per heavy atom. The third kappa shape index (κ3) is 3.32. The Hall–Kier alpha value is -0.870. The van der Waals surface area contributed by atoms with Gasteiger partial charge in [-0.2, -0.15) is 0 Å². The highest BCUT2D eigenvalue weighted by molar-refractivity contribution is 7.12. The maximum absolute atomic E-state index is 11.8. The molecule has 1 aliphatic heterocycles. The third-order valence-corrected chi connectivity index (χ3v) is 3.79. The number of rotatable bonds is 3. The van der Waals surface area contributed by atoms with Gasteiger partial charge in [-0.1, -0.05) is 0 Å². The molecule has 0 bridgehead atoms. The average molecular weight is 238 g/mol. The van der Waals surface area contributed by atoms with Crippen molar-refractivity contribution in [1.82, 2.24) is 10.6 Å². The molecule has 3 nitrogen and oxygen atoms in total. The Kier molecular flexibility index (Phi) is 3.96. The molecule has 1 fully saturated rings. The van der Waals surface area contributed by atoms with Crippen molar-refractivity contribution >= 4 is 17.2 Å². The van der Waals surface area contributed by atoms with Crippen molar-refractivity contribution in [3.63, 3.8) is 0 Å². The highest BCUT2D eigenvalue weighted by Gasteiger charge is 2.15. The van der Waals surface area contributed by atoms with Crippen LogP contribution in [0, 0.1) is 6.92 Å². The number of thiophene rings is 1. The molecule has 1 aromatic rings. The first-order valence-electron chi connectivity index (χ1n) is 5.79. The van der Waals surface area contributed by atoms with Gasteiger partial charge in [0.15, 0.2) is 0 Å². The van der Waals surface area contributed by atoms with Crippen molar-refractivity contribution in [3.05, 3.63) is 21.9 Å². The second kappa shape index (κ2) is 5.46. The number of hydrogen-bond acceptors (Lipinski definition) is 3. The summed E-state index contributed by atoms with van der Waals surface area (Å²) in [6.07, 6.45) is 2.78. The predicted molar refractivity (Wildman–Crippen MR) is 66.8 cm³/mol. The zero-order valence-electron chi connectivity index (χ0n) is 9.58. The van der Waals surface area contributed by atoms with E-state index in [1.165, 1.54) is 4.88 Å². The van der Waals surface area contributed by atoms with Gasteiger partial charge in [0.05, 0.1) is 6.42 Å². The lowest BCUT2D eigenvalue weighted by atomic mass is 10.1. The molecule has 88 valence electrons. The fraction of sp³-hybridized carbons (Fsp3) is 0.583. The van der Waals surface area contributed by atoms with Crippen molar-refractivity contribution in [2.75, 3.05) is 13.1 Å². The molecule has 0 aromatic carbocycles. The molecule has 0 unspecified atom stereocenters. The van der Waals surface area contributed by atoms with E-state index in [0.717, 1.165) is 30.8 Å². The summed E-state index contributed by atoms with van der Waals surface area (Å²) < 4.78 is 0. The summed E-state index contributed by atoms with van der Waals surface area (Å²) in [6.45, 7) is 4.06. The van der Waals surface area contributed by atoms with Crippen molar-refractivity contribution < 1.29 is 4.79 Å². The van der Waals surface area contributed by atoms with Crippen LogP contribution in [0.1, 0.15) is 22.6 Å². The molecular formula is C12H18N2OS. The van der Waals surface area contributed by atoms with Crippen LogP contribution in [0.5, 0.6) is 0 Å². The SMILES string of the molecule is Cc1ccc(CC(=O)N[C@H]2CCCNC2)s1. The molecule has 1 aliphatic rings. The van der Waals surface area contributed by atoms with Crippen LogP contribution in [0.2, 0.25) is 0 Å². The van der Waals surface area contributed by atoms with Crippen molar-refractivity contribution in [3.8, 4) is 0 Å². The van der Waals surface area contributed by atoms with Crippen LogP contribution in [0.3, 0.4) is 0 Å². The molecule has 1 amide bonds. The summed E-state index contributed by atoms with van der Waals surface area (Å²) in [6, 6.07) is 4.43. The Labute approximate surface area is 100 Å². The summed E-state index contributed by atoms with van der Waals surface area (Å²) >= 11 is 1.70. The molecule has 2 N–H and O–H groups in total. The van der Waals surface area contributed by atoms with E-state index in [-0.39, 0.29) is 5.91 Å². The Morgan fingerprint density at radius 1 is 1.62 bits per heavy atom. The van der Waals surface area contributed by atoms with E-state index in [1.54, 1.807) is 11.3 Å². The zero-order valence-corrected chi connectivity index (χ0v) is 10.4. The number of amides is 1. The lowest BCUT2D eigenvalue weighted by Gasteiger charge is -2.23. The molecular weight excluding hydrogens is 220 g/mol. The van der Waals surface area contributed by atoms with Gasteiger partial charge < -0.3 is 10.6 Å². The first-order chi connectivity index (χ1) is 7.74. The topological polar surface area (TPSA) is 41.1 Å². The van der Waals surface area contributed by atoms with Gasteiger partial charge in [-0.15, -0.1) is 11.3 Å². The van der Waals surface area contributed by atoms with Gasteiger partial charge in [0.1, 0.15) is 0 Å². The highest BCUT2D eigenvalue weighted by atomic mass is 32.1. The number of piperidine rings is 1. The van der Waals surface area contributed by atoms with E-state index in [0.29, 0.717) is 12.5 Å². The van der Waals surface area contributed by atoms with E-state index >= 15 is 0 Å². The van der Waals surface area contributed by atoms with Gasteiger partial charge >= 0.3 is 0 Å². The second-order valence-corrected chi connectivity index (χ2v) is 5.67. The minimum atomic E-state index is 0.149. The number of hydrogen-bond donors (Lipinski definition) is 2. The minimum absolute atomic E-state index is 0.149. The van der Waals surface area contributed by atoms with Crippen LogP contribution in [-0.4, -0.2) is 25.0 Å². The average Bonchev–Trinajstić information content (AvgIpc) is 2.65. The predicted octanol–water partition coefficient (Wildman–Crippen LogP) is 1.47. The largest absolute Gasteiger partial charge is 0.352 e. The maximum Gasteiger partial charge on any atom is 0.225 e. The van der Waals surface area contributed by atoms with Crippen LogP contribution >= 0.6 is 11.3 Å². The number of carbonyl (C=O) groups excluding carboxylic acids is 1. The summed E-state index contributed by atoms with van der Waals surface area (Å²) in [5.41, 5.74) is 0. The lowest BCUT2D eigenvalue weighted by molar-refractivity contribution is -0.121. The summed E-state index contributed by atoms with van der Waals surface area (Å²) in [4.78, 5) is 14.2. The normalized spacial score (nSPS) is 20.7. The van der Waals surface area contributed by atoms with E-state index in [4.69, 9.17) is 0 Å². The molecule has 0 aliphatic carbocycles. The molecule has 1 saturated heterocycles. The van der Waals surface area contributed by atoms with Crippen molar-refractivity contribution in [2.24, 2.45) is 0 Å². The van der Waals surface area contributed by atoms with Gasteiger partial charge in [0.25, 0.3) is 0 Å². The Balaban J connectivity index is 1.79. The van der Waals surface area contributed by atoms with Gasteiger partial charge in [0.2, 0.25) is 5.91 Å². The summed E-state index contributed by atoms with van der Waals surface area (Å²) in [5, 5.41) is 6.38. The van der Waals surface area contributed by atoms with E-state index in [2.05, 4.69) is 23.6 Å². The molecule has 1 aromatic heterocycles. The summed E-state index contributed by atoms with van der Waals surface area (Å²) in [5.74, 6) is 0.149. The number of nitrogens with one attached hydrogen (secondary N) is 2. The second-order valence-electron chi connectivity index (χ2n) is 4.30. The van der Waals surface area contributed by atoms with Crippen LogP contribution in [0.25, 0.3) is 0 Å². The van der Waals surface area contributed by atoms with Crippen LogP contribution < -0.4 is 10.6 Å². The quantitative estimate of drug-likeness (QED) is 0.837. The monoisotopic (exact) mass is 238 g/mol. The molecule has 2 rings (SSSR count). The molecule has 1 atom stereocenters. The Bertz CT molecular complexity index is 356. The van der Waals surface area contributed by atoms with Gasteiger partial charge in [-0.3, -0.25) is 4.79 Å². The fourth-order valence-electron chi connectivity index (χ4n) is 1.99. The summed E-state index contributed by atoms with van der Waals surface area (Å²) in [7, 11) is 0. The molecule has 16 heavy (non-hydrogen) atoms. The molecule has 2 heterocycles. The molecule has 4 heteroatoms. The first kappa shape index (κ1) is 11.6. The molecule has 0 radical (unpaired) electrons. The highest BCUT2D eigenvalue weighted by Crippen LogP contribution is 2.15. The minimum Gasteiger partial charge on any atom is -0.352 e. The van der Waals surface area contributed by atoms with Crippen LogP contribution in [0.15, 0.2) is 12.1 Å². The maximum atomic E-state index is 11.8. The number of carbonyl (C=O) groups is 1. The standard InChI is InChI=1S/C12H18N2OS/c1-9-4-5-11(16-9)7-12(15)14-10-3-2-6-13-8-10/h4-5,10,13H,2-3,6-8H2,1H3,(H,14,15)/t10-/m0/s1. The molecule has 0 spiro atoms. The van der Waals surface area contributed by atoms with Gasteiger partial charge in [0, 0.05) is 22.3 Å². The van der Waals surface area contributed by atoms with Crippen LogP contribution in [0.4, 0.5) is 0 Å². The Morgan fingerprint density at radius 2 is 2.50 bits per heavy atom. The third-order valence-electron chi connectivity index (χ3n) is 2.79. The smallest absolute Gasteiger partial charge is 0.225 e.